The topological polar surface area (TPSA) is 50.2 Å². The number of nitrogens with one attached hydrogen (secondary N) is 1. The van der Waals surface area contributed by atoms with E-state index in [1.807, 2.05) is 13.0 Å². The maximum absolute atomic E-state index is 14.2. The van der Waals surface area contributed by atoms with Crippen LogP contribution in [-0.2, 0) is 13.0 Å². The third-order valence-corrected chi connectivity index (χ3v) is 4.78. The first-order valence-electron chi connectivity index (χ1n) is 8.84. The van der Waals surface area contributed by atoms with Crippen LogP contribution in [0.5, 0.6) is 0 Å². The second kappa shape index (κ2) is 7.25. The molecule has 0 saturated carbocycles. The summed E-state index contributed by atoms with van der Waals surface area (Å²) < 4.78 is 16.0. The summed E-state index contributed by atoms with van der Waals surface area (Å²) in [6.45, 7) is 7.51. The summed E-state index contributed by atoms with van der Waals surface area (Å²) in [5.41, 5.74) is 1.61. The van der Waals surface area contributed by atoms with E-state index < -0.39 is 0 Å². The molecule has 1 aliphatic heterocycles. The highest BCUT2D eigenvalue weighted by Gasteiger charge is 2.30. The molecule has 2 heterocycles. The van der Waals surface area contributed by atoms with Crippen molar-refractivity contribution in [2.75, 3.05) is 11.9 Å². The van der Waals surface area contributed by atoms with Gasteiger partial charge in [0.1, 0.15) is 11.6 Å². The zero-order valence-corrected chi connectivity index (χ0v) is 15.0. The first kappa shape index (κ1) is 17.5. The molecule has 1 atom stereocenters. The van der Waals surface area contributed by atoms with E-state index in [0.717, 1.165) is 18.5 Å². The van der Waals surface area contributed by atoms with Crippen molar-refractivity contribution in [3.8, 4) is 0 Å². The molecule has 0 spiro atoms. The number of carbonyl (C=O) groups excluding carboxylic acids is 1. The van der Waals surface area contributed by atoms with E-state index >= 15 is 0 Å². The Bertz CT molecular complexity index is 756. The minimum Gasteiger partial charge on any atom is -0.317 e. The van der Waals surface area contributed by atoms with Gasteiger partial charge in [0, 0.05) is 24.7 Å². The van der Waals surface area contributed by atoms with E-state index in [0.29, 0.717) is 30.3 Å². The summed E-state index contributed by atoms with van der Waals surface area (Å²) in [7, 11) is 0. The lowest BCUT2D eigenvalue weighted by molar-refractivity contribution is 0.186. The zero-order valence-electron chi connectivity index (χ0n) is 15.0. The van der Waals surface area contributed by atoms with Gasteiger partial charge in [0.05, 0.1) is 12.2 Å². The molecule has 5 nitrogen and oxygen atoms in total. The van der Waals surface area contributed by atoms with E-state index in [2.05, 4.69) is 24.3 Å². The van der Waals surface area contributed by atoms with Gasteiger partial charge in [-0.2, -0.15) is 5.10 Å². The predicted octanol–water partition coefficient (Wildman–Crippen LogP) is 4.22. The number of fused-ring (bicyclic) bond motifs is 1. The first-order valence-corrected chi connectivity index (χ1v) is 8.84. The van der Waals surface area contributed by atoms with Gasteiger partial charge in [0.15, 0.2) is 0 Å². The lowest BCUT2D eigenvalue weighted by Gasteiger charge is -2.35. The molecule has 0 bridgehead atoms. The number of anilines is 1. The van der Waals surface area contributed by atoms with Gasteiger partial charge in [-0.25, -0.2) is 13.9 Å². The van der Waals surface area contributed by atoms with Crippen LogP contribution in [0.2, 0.25) is 0 Å². The van der Waals surface area contributed by atoms with Crippen LogP contribution in [0.1, 0.15) is 44.4 Å². The highest BCUT2D eigenvalue weighted by Crippen LogP contribution is 2.31. The Morgan fingerprint density at radius 2 is 2.20 bits per heavy atom. The number of rotatable bonds is 4. The number of aryl methyl sites for hydroxylation is 1. The molecule has 1 unspecified atom stereocenters. The molecule has 2 amide bonds. The van der Waals surface area contributed by atoms with Crippen LogP contribution >= 0.6 is 0 Å². The lowest BCUT2D eigenvalue weighted by atomic mass is 9.93. The molecule has 2 aromatic rings. The van der Waals surface area contributed by atoms with Crippen LogP contribution in [-0.4, -0.2) is 27.3 Å². The van der Waals surface area contributed by atoms with Crippen molar-refractivity contribution in [1.82, 2.24) is 14.7 Å². The maximum Gasteiger partial charge on any atom is 0.323 e. The highest BCUT2D eigenvalue weighted by atomic mass is 19.1. The van der Waals surface area contributed by atoms with Gasteiger partial charge in [0.25, 0.3) is 0 Å². The van der Waals surface area contributed by atoms with E-state index in [9.17, 15) is 9.18 Å². The van der Waals surface area contributed by atoms with Crippen molar-refractivity contribution in [1.29, 1.82) is 0 Å². The molecule has 6 heteroatoms. The Morgan fingerprint density at radius 1 is 1.40 bits per heavy atom. The second-order valence-corrected chi connectivity index (χ2v) is 6.98. The summed E-state index contributed by atoms with van der Waals surface area (Å²) in [5, 5.41) is 7.21. The molecule has 0 radical (unpaired) electrons. The van der Waals surface area contributed by atoms with Crippen LogP contribution in [0.25, 0.3) is 0 Å². The average molecular weight is 344 g/mol. The van der Waals surface area contributed by atoms with Gasteiger partial charge in [-0.15, -0.1) is 0 Å². The number of hydrogen-bond donors (Lipinski definition) is 1. The molecule has 25 heavy (non-hydrogen) atoms. The molecular weight excluding hydrogens is 319 g/mol. The number of halogens is 1. The minimum atomic E-state index is -0.294. The minimum absolute atomic E-state index is 0.215. The summed E-state index contributed by atoms with van der Waals surface area (Å²) in [6.07, 6.45) is 3.34. The van der Waals surface area contributed by atoms with Crippen molar-refractivity contribution < 1.29 is 9.18 Å². The van der Waals surface area contributed by atoms with Gasteiger partial charge in [-0.05, 0) is 37.3 Å². The molecule has 0 saturated heterocycles. The summed E-state index contributed by atoms with van der Waals surface area (Å²) >= 11 is 0. The normalized spacial score (nSPS) is 16.8. The average Bonchev–Trinajstić information content (AvgIpc) is 3.00. The summed E-state index contributed by atoms with van der Waals surface area (Å²) in [5.74, 6) is 0.996. The molecule has 1 aromatic carbocycles. The molecule has 1 aromatic heterocycles. The van der Waals surface area contributed by atoms with E-state index in [1.54, 1.807) is 27.9 Å². The van der Waals surface area contributed by atoms with Crippen LogP contribution < -0.4 is 5.32 Å². The SMILES string of the molecule is CC(C)CCn1nccc1NC(=O)N1CCc2cccc(F)c2C1C. The molecule has 1 N–H and O–H groups in total. The Morgan fingerprint density at radius 3 is 2.96 bits per heavy atom. The molecule has 0 fully saturated rings. The van der Waals surface area contributed by atoms with Gasteiger partial charge < -0.3 is 4.90 Å². The van der Waals surface area contributed by atoms with Crippen molar-refractivity contribution in [2.45, 2.75) is 46.2 Å². The third kappa shape index (κ3) is 3.67. The van der Waals surface area contributed by atoms with Crippen LogP contribution in [0.4, 0.5) is 15.0 Å². The number of amides is 2. The quantitative estimate of drug-likeness (QED) is 0.903. The van der Waals surface area contributed by atoms with Gasteiger partial charge in [-0.1, -0.05) is 26.0 Å². The van der Waals surface area contributed by atoms with Gasteiger partial charge in [-0.3, -0.25) is 5.32 Å². The van der Waals surface area contributed by atoms with E-state index in [-0.39, 0.29) is 17.9 Å². The Hall–Kier alpha value is -2.37. The molecular formula is C19H25FN4O. The maximum atomic E-state index is 14.2. The summed E-state index contributed by atoms with van der Waals surface area (Å²) in [6, 6.07) is 6.40. The monoisotopic (exact) mass is 344 g/mol. The third-order valence-electron chi connectivity index (χ3n) is 4.78. The van der Waals surface area contributed by atoms with Gasteiger partial charge in [0.2, 0.25) is 0 Å². The standard InChI is InChI=1S/C19H25FN4O/c1-13(2)8-12-24-17(7-10-21-24)22-19(25)23-11-9-15-5-4-6-16(20)18(15)14(23)3/h4-7,10,13-14H,8-9,11-12H2,1-3H3,(H,22,25). The summed E-state index contributed by atoms with van der Waals surface area (Å²) in [4.78, 5) is 14.4. The zero-order chi connectivity index (χ0) is 18.0. The number of carbonyl (C=O) groups is 1. The Balaban J connectivity index is 1.73. The fraction of sp³-hybridized carbons (Fsp3) is 0.474. The van der Waals surface area contributed by atoms with E-state index in [4.69, 9.17) is 0 Å². The number of nitrogens with zero attached hydrogens (tertiary/aromatic N) is 3. The largest absolute Gasteiger partial charge is 0.323 e. The van der Waals surface area contributed by atoms with Crippen molar-refractivity contribution in [3.63, 3.8) is 0 Å². The van der Waals surface area contributed by atoms with Crippen LogP contribution in [0.3, 0.4) is 0 Å². The van der Waals surface area contributed by atoms with E-state index in [1.165, 1.54) is 6.07 Å². The Labute approximate surface area is 147 Å². The first-order chi connectivity index (χ1) is 12.0. The predicted molar refractivity (Wildman–Crippen MR) is 95.9 cm³/mol. The molecule has 0 aliphatic carbocycles. The molecule has 1 aliphatic rings. The molecule has 3 rings (SSSR count). The smallest absolute Gasteiger partial charge is 0.317 e. The fourth-order valence-electron chi connectivity index (χ4n) is 3.31. The van der Waals surface area contributed by atoms with Crippen molar-refractivity contribution in [3.05, 3.63) is 47.4 Å². The van der Waals surface area contributed by atoms with Crippen LogP contribution in [0, 0.1) is 11.7 Å². The Kier molecular flexibility index (Phi) is 5.06. The number of urea groups is 1. The highest BCUT2D eigenvalue weighted by molar-refractivity contribution is 5.89. The molecule has 134 valence electrons. The lowest BCUT2D eigenvalue weighted by Crippen LogP contribution is -2.42. The second-order valence-electron chi connectivity index (χ2n) is 6.98. The fourth-order valence-corrected chi connectivity index (χ4v) is 3.31. The van der Waals surface area contributed by atoms with Crippen LogP contribution in [0.15, 0.2) is 30.5 Å². The number of benzene rings is 1. The number of aromatic nitrogens is 2. The van der Waals surface area contributed by atoms with Gasteiger partial charge >= 0.3 is 6.03 Å². The van der Waals surface area contributed by atoms with Crippen molar-refractivity contribution >= 4 is 11.8 Å². The van der Waals surface area contributed by atoms with Crippen molar-refractivity contribution in [2.24, 2.45) is 5.92 Å². The number of hydrogen-bond acceptors (Lipinski definition) is 2.